The summed E-state index contributed by atoms with van der Waals surface area (Å²) in [5, 5.41) is 0. The first-order valence-corrected chi connectivity index (χ1v) is 9.08. The Kier molecular flexibility index (Phi) is 9.56. The molecule has 0 aromatic carbocycles. The lowest BCUT2D eigenvalue weighted by Crippen LogP contribution is -2.36. The average molecular weight is 303 g/mol. The smallest absolute Gasteiger partial charge is 0.222 e. The molecule has 20 heavy (non-hydrogen) atoms. The van der Waals surface area contributed by atoms with Crippen molar-refractivity contribution in [3.05, 3.63) is 0 Å². The third-order valence-corrected chi connectivity index (χ3v) is 4.88. The zero-order valence-electron chi connectivity index (χ0n) is 14.2. The Hall–Kier alpha value is -0.220. The molecule has 2 N–H and O–H groups in total. The van der Waals surface area contributed by atoms with E-state index < -0.39 is 0 Å². The molecule has 0 radical (unpaired) electrons. The Morgan fingerprint density at radius 1 is 1.25 bits per heavy atom. The van der Waals surface area contributed by atoms with Crippen LogP contribution < -0.4 is 5.73 Å². The molecule has 0 rings (SSSR count). The van der Waals surface area contributed by atoms with Crippen molar-refractivity contribution in [3.63, 3.8) is 0 Å². The van der Waals surface area contributed by atoms with Gasteiger partial charge in [0, 0.05) is 19.5 Å². The van der Waals surface area contributed by atoms with Crippen LogP contribution in [-0.2, 0) is 4.79 Å². The first-order valence-electron chi connectivity index (χ1n) is 7.68. The van der Waals surface area contributed by atoms with Crippen molar-refractivity contribution >= 4 is 17.7 Å². The largest absolute Gasteiger partial charge is 0.343 e. The summed E-state index contributed by atoms with van der Waals surface area (Å²) in [5.74, 6) is 1.90. The molecule has 2 unspecified atom stereocenters. The second-order valence-corrected chi connectivity index (χ2v) is 7.80. The predicted octanol–water partition coefficient (Wildman–Crippen LogP) is 3.38. The van der Waals surface area contributed by atoms with Crippen molar-refractivity contribution in [1.82, 2.24) is 4.90 Å². The van der Waals surface area contributed by atoms with Crippen LogP contribution in [0.4, 0.5) is 0 Å². The summed E-state index contributed by atoms with van der Waals surface area (Å²) < 4.78 is 0. The number of hydrogen-bond acceptors (Lipinski definition) is 3. The SMILES string of the molecule is CSCCC(C)N(C)C(=O)CCC(CCN)C(C)(C)C. The lowest BCUT2D eigenvalue weighted by molar-refractivity contribution is -0.132. The van der Waals surface area contributed by atoms with E-state index in [-0.39, 0.29) is 11.3 Å². The highest BCUT2D eigenvalue weighted by Crippen LogP contribution is 2.32. The number of hydrogen-bond donors (Lipinski definition) is 1. The van der Waals surface area contributed by atoms with Gasteiger partial charge in [-0.15, -0.1) is 0 Å². The molecule has 0 aliphatic rings. The summed E-state index contributed by atoms with van der Waals surface area (Å²) in [6, 6.07) is 0.331. The fourth-order valence-corrected chi connectivity index (χ4v) is 2.99. The van der Waals surface area contributed by atoms with Crippen LogP contribution in [0.1, 0.15) is 53.4 Å². The number of carbonyl (C=O) groups excluding carboxylic acids is 1. The van der Waals surface area contributed by atoms with Crippen LogP contribution in [0.5, 0.6) is 0 Å². The molecule has 0 aromatic rings. The lowest BCUT2D eigenvalue weighted by atomic mass is 9.76. The zero-order chi connectivity index (χ0) is 15.8. The summed E-state index contributed by atoms with van der Waals surface area (Å²) in [6.45, 7) is 9.55. The van der Waals surface area contributed by atoms with E-state index in [1.54, 1.807) is 0 Å². The zero-order valence-corrected chi connectivity index (χ0v) is 15.1. The molecular formula is C16H34N2OS. The van der Waals surface area contributed by atoms with Gasteiger partial charge >= 0.3 is 0 Å². The third-order valence-electron chi connectivity index (χ3n) is 4.24. The summed E-state index contributed by atoms with van der Waals surface area (Å²) in [5.41, 5.74) is 5.92. The minimum atomic E-state index is 0.225. The quantitative estimate of drug-likeness (QED) is 0.710. The Morgan fingerprint density at radius 2 is 1.85 bits per heavy atom. The maximum atomic E-state index is 12.3. The molecule has 3 nitrogen and oxygen atoms in total. The Morgan fingerprint density at radius 3 is 2.30 bits per heavy atom. The normalized spacial score (nSPS) is 14.9. The van der Waals surface area contributed by atoms with Gasteiger partial charge in [0.2, 0.25) is 5.91 Å². The van der Waals surface area contributed by atoms with E-state index in [1.165, 1.54) is 0 Å². The highest BCUT2D eigenvalue weighted by molar-refractivity contribution is 7.98. The van der Waals surface area contributed by atoms with Gasteiger partial charge in [0.05, 0.1) is 0 Å². The van der Waals surface area contributed by atoms with Gasteiger partial charge in [-0.05, 0) is 56.1 Å². The summed E-state index contributed by atoms with van der Waals surface area (Å²) in [4.78, 5) is 14.2. The van der Waals surface area contributed by atoms with Crippen molar-refractivity contribution < 1.29 is 4.79 Å². The van der Waals surface area contributed by atoms with E-state index in [1.807, 2.05) is 23.7 Å². The number of thioether (sulfide) groups is 1. The van der Waals surface area contributed by atoms with Gasteiger partial charge in [-0.3, -0.25) is 4.79 Å². The van der Waals surface area contributed by atoms with Gasteiger partial charge in [-0.1, -0.05) is 20.8 Å². The fraction of sp³-hybridized carbons (Fsp3) is 0.938. The molecule has 0 heterocycles. The number of amides is 1. The molecule has 0 fully saturated rings. The average Bonchev–Trinajstić information content (AvgIpc) is 2.38. The molecule has 0 bridgehead atoms. The summed E-state index contributed by atoms with van der Waals surface area (Å²) in [7, 11) is 1.93. The van der Waals surface area contributed by atoms with Crippen LogP contribution in [0, 0.1) is 11.3 Å². The number of carbonyl (C=O) groups is 1. The van der Waals surface area contributed by atoms with Crippen molar-refractivity contribution in [1.29, 1.82) is 0 Å². The van der Waals surface area contributed by atoms with Crippen molar-refractivity contribution in [3.8, 4) is 0 Å². The highest BCUT2D eigenvalue weighted by Gasteiger charge is 2.25. The first kappa shape index (κ1) is 19.8. The molecule has 120 valence electrons. The number of rotatable bonds is 9. The number of nitrogens with two attached hydrogens (primary N) is 1. The van der Waals surface area contributed by atoms with Crippen LogP contribution in [0.2, 0.25) is 0 Å². The Bertz CT molecular complexity index is 276. The van der Waals surface area contributed by atoms with Crippen LogP contribution >= 0.6 is 11.8 Å². The van der Waals surface area contributed by atoms with E-state index in [9.17, 15) is 4.79 Å². The van der Waals surface area contributed by atoms with Gasteiger partial charge in [0.1, 0.15) is 0 Å². The molecular weight excluding hydrogens is 268 g/mol. The van der Waals surface area contributed by atoms with Gasteiger partial charge in [0.25, 0.3) is 0 Å². The number of nitrogens with zero attached hydrogens (tertiary/aromatic N) is 1. The molecule has 1 amide bonds. The predicted molar refractivity (Wildman–Crippen MR) is 91.1 cm³/mol. The second kappa shape index (κ2) is 9.67. The topological polar surface area (TPSA) is 46.3 Å². The van der Waals surface area contributed by atoms with E-state index >= 15 is 0 Å². The second-order valence-electron chi connectivity index (χ2n) is 6.81. The van der Waals surface area contributed by atoms with E-state index in [2.05, 4.69) is 34.0 Å². The van der Waals surface area contributed by atoms with Gasteiger partial charge in [-0.25, -0.2) is 0 Å². The highest BCUT2D eigenvalue weighted by atomic mass is 32.2. The minimum Gasteiger partial charge on any atom is -0.343 e. The molecule has 4 heteroatoms. The maximum Gasteiger partial charge on any atom is 0.222 e. The Labute approximate surface area is 130 Å². The van der Waals surface area contributed by atoms with E-state index in [0.717, 1.165) is 25.0 Å². The molecule has 0 aliphatic heterocycles. The molecule has 0 aliphatic carbocycles. The van der Waals surface area contributed by atoms with Crippen molar-refractivity contribution in [2.45, 2.75) is 59.4 Å². The van der Waals surface area contributed by atoms with Crippen molar-refractivity contribution in [2.24, 2.45) is 17.1 Å². The van der Waals surface area contributed by atoms with Gasteiger partial charge < -0.3 is 10.6 Å². The molecule has 0 saturated heterocycles. The monoisotopic (exact) mass is 302 g/mol. The van der Waals surface area contributed by atoms with Crippen LogP contribution in [0.25, 0.3) is 0 Å². The fourth-order valence-electron chi connectivity index (χ4n) is 2.41. The van der Waals surface area contributed by atoms with E-state index in [0.29, 0.717) is 24.9 Å². The minimum absolute atomic E-state index is 0.225. The van der Waals surface area contributed by atoms with E-state index in [4.69, 9.17) is 5.73 Å². The van der Waals surface area contributed by atoms with Gasteiger partial charge in [0.15, 0.2) is 0 Å². The lowest BCUT2D eigenvalue weighted by Gasteiger charge is -2.31. The Balaban J connectivity index is 4.30. The molecule has 0 aromatic heterocycles. The standard InChI is InChI=1S/C16H34N2OS/c1-13(10-12-20-6)18(5)15(19)8-7-14(9-11-17)16(2,3)4/h13-14H,7-12,17H2,1-6H3. The molecule has 2 atom stereocenters. The summed E-state index contributed by atoms with van der Waals surface area (Å²) >= 11 is 1.84. The van der Waals surface area contributed by atoms with Crippen molar-refractivity contribution in [2.75, 3.05) is 25.6 Å². The molecule has 0 spiro atoms. The summed E-state index contributed by atoms with van der Waals surface area (Å²) in [6.07, 6.45) is 5.76. The molecule has 0 saturated carbocycles. The van der Waals surface area contributed by atoms with Gasteiger partial charge in [-0.2, -0.15) is 11.8 Å². The maximum absolute atomic E-state index is 12.3. The van der Waals surface area contributed by atoms with Crippen LogP contribution in [-0.4, -0.2) is 42.4 Å². The van der Waals surface area contributed by atoms with Crippen LogP contribution in [0.3, 0.4) is 0 Å². The van der Waals surface area contributed by atoms with Crippen LogP contribution in [0.15, 0.2) is 0 Å². The third kappa shape index (κ3) is 7.53. The first-order chi connectivity index (χ1) is 9.23.